The number of hydrogen-bond acceptors (Lipinski definition) is 5. The van der Waals surface area contributed by atoms with Crippen molar-refractivity contribution >= 4 is 27.7 Å². The maximum atomic E-state index is 14.3. The van der Waals surface area contributed by atoms with Crippen LogP contribution in [0.4, 0.5) is 4.39 Å². The molecule has 1 heterocycles. The lowest BCUT2D eigenvalue weighted by atomic mass is 10.0. The standard InChI is InChI=1S/C25H25FN2O4S2/c26-22-9-5-4-8-21(22)23(14-16-29)27-24(30)25-28(15-17-33-25)34(31,32)20-12-10-19(11-13-20)18-6-2-1-3-7-18/h1-13,23,25,29H,14-17H2,(H,27,30)/t23-,25?/m1/s1. The highest BCUT2D eigenvalue weighted by molar-refractivity contribution is 8.02. The molecule has 3 aromatic rings. The fraction of sp³-hybridized carbons (Fsp3) is 0.240. The van der Waals surface area contributed by atoms with Crippen LogP contribution in [-0.4, -0.2) is 48.0 Å². The third-order valence-electron chi connectivity index (χ3n) is 5.66. The number of benzene rings is 3. The van der Waals surface area contributed by atoms with Crippen LogP contribution in [-0.2, 0) is 14.8 Å². The number of aliphatic hydroxyl groups excluding tert-OH is 1. The van der Waals surface area contributed by atoms with Crippen LogP contribution in [0, 0.1) is 5.82 Å². The van der Waals surface area contributed by atoms with E-state index >= 15 is 0 Å². The highest BCUT2D eigenvalue weighted by Crippen LogP contribution is 2.32. The van der Waals surface area contributed by atoms with Gasteiger partial charge in [0, 0.05) is 24.5 Å². The summed E-state index contributed by atoms with van der Waals surface area (Å²) in [5.74, 6) is -0.568. The van der Waals surface area contributed by atoms with E-state index in [1.54, 1.807) is 42.5 Å². The van der Waals surface area contributed by atoms with Gasteiger partial charge in [-0.3, -0.25) is 4.79 Å². The van der Waals surface area contributed by atoms with Crippen LogP contribution in [0.3, 0.4) is 0 Å². The maximum Gasteiger partial charge on any atom is 0.249 e. The van der Waals surface area contributed by atoms with Gasteiger partial charge in [0.1, 0.15) is 11.2 Å². The molecule has 0 aliphatic carbocycles. The number of rotatable bonds is 8. The van der Waals surface area contributed by atoms with Gasteiger partial charge in [-0.15, -0.1) is 11.8 Å². The molecule has 0 aromatic heterocycles. The fourth-order valence-electron chi connectivity index (χ4n) is 3.93. The van der Waals surface area contributed by atoms with E-state index in [0.717, 1.165) is 11.1 Å². The van der Waals surface area contributed by atoms with E-state index in [1.807, 2.05) is 30.3 Å². The molecule has 0 radical (unpaired) electrons. The number of carbonyl (C=O) groups excluding carboxylic acids is 1. The van der Waals surface area contributed by atoms with Gasteiger partial charge in [0.2, 0.25) is 15.9 Å². The third-order valence-corrected chi connectivity index (χ3v) is 8.87. The first-order valence-corrected chi connectivity index (χ1v) is 13.4. The summed E-state index contributed by atoms with van der Waals surface area (Å²) in [4.78, 5) is 13.2. The smallest absolute Gasteiger partial charge is 0.249 e. The van der Waals surface area contributed by atoms with Crippen LogP contribution in [0.15, 0.2) is 83.8 Å². The van der Waals surface area contributed by atoms with Gasteiger partial charge in [-0.05, 0) is 35.7 Å². The Kier molecular flexibility index (Phi) is 7.67. The molecule has 4 rings (SSSR count). The third kappa shape index (κ3) is 5.17. The molecular formula is C25H25FN2O4S2. The molecule has 0 spiro atoms. The van der Waals surface area contributed by atoms with Gasteiger partial charge < -0.3 is 10.4 Å². The average molecular weight is 501 g/mol. The molecular weight excluding hydrogens is 475 g/mol. The molecule has 9 heteroatoms. The number of hydrogen-bond donors (Lipinski definition) is 2. The van der Waals surface area contributed by atoms with E-state index in [0.29, 0.717) is 5.75 Å². The molecule has 1 saturated heterocycles. The van der Waals surface area contributed by atoms with E-state index in [2.05, 4.69) is 5.32 Å². The van der Waals surface area contributed by atoms with Crippen LogP contribution in [0.1, 0.15) is 18.0 Å². The van der Waals surface area contributed by atoms with E-state index in [1.165, 1.54) is 22.1 Å². The van der Waals surface area contributed by atoms with Crippen molar-refractivity contribution in [1.82, 2.24) is 9.62 Å². The Hall–Kier alpha value is -2.72. The van der Waals surface area contributed by atoms with E-state index in [4.69, 9.17) is 0 Å². The molecule has 1 aliphatic rings. The summed E-state index contributed by atoms with van der Waals surface area (Å²) in [6.45, 7) is -0.0667. The van der Waals surface area contributed by atoms with Crippen molar-refractivity contribution < 1.29 is 22.7 Å². The number of nitrogens with zero attached hydrogens (tertiary/aromatic N) is 1. The molecule has 0 saturated carbocycles. The largest absolute Gasteiger partial charge is 0.396 e. The molecule has 6 nitrogen and oxygen atoms in total. The highest BCUT2D eigenvalue weighted by atomic mass is 32.2. The van der Waals surface area contributed by atoms with Gasteiger partial charge in [-0.1, -0.05) is 60.7 Å². The van der Waals surface area contributed by atoms with Crippen LogP contribution in [0.2, 0.25) is 0 Å². The lowest BCUT2D eigenvalue weighted by Crippen LogP contribution is -2.45. The van der Waals surface area contributed by atoms with Crippen molar-refractivity contribution in [3.63, 3.8) is 0 Å². The van der Waals surface area contributed by atoms with Crippen molar-refractivity contribution in [1.29, 1.82) is 0 Å². The SMILES string of the molecule is O=C(N[C@H](CCO)c1ccccc1F)C1SCCN1S(=O)(=O)c1ccc(-c2ccccc2)cc1. The predicted molar refractivity (Wildman–Crippen MR) is 131 cm³/mol. The number of amides is 1. The zero-order valence-electron chi connectivity index (χ0n) is 18.3. The Morgan fingerprint density at radius 3 is 2.35 bits per heavy atom. The van der Waals surface area contributed by atoms with Gasteiger partial charge in [-0.2, -0.15) is 4.31 Å². The van der Waals surface area contributed by atoms with Gasteiger partial charge in [0.25, 0.3) is 0 Å². The Morgan fingerprint density at radius 1 is 1.03 bits per heavy atom. The van der Waals surface area contributed by atoms with Crippen molar-refractivity contribution in [3.05, 3.63) is 90.2 Å². The Labute approximate surface area is 202 Å². The quantitative estimate of drug-likeness (QED) is 0.492. The van der Waals surface area contributed by atoms with Gasteiger partial charge >= 0.3 is 0 Å². The summed E-state index contributed by atoms with van der Waals surface area (Å²) in [6, 6.07) is 21.5. The molecule has 1 fully saturated rings. The van der Waals surface area contributed by atoms with Crippen molar-refractivity contribution in [3.8, 4) is 11.1 Å². The van der Waals surface area contributed by atoms with Crippen LogP contribution in [0.25, 0.3) is 11.1 Å². The van der Waals surface area contributed by atoms with E-state index in [9.17, 15) is 22.7 Å². The number of thioether (sulfide) groups is 1. The maximum absolute atomic E-state index is 14.3. The van der Waals surface area contributed by atoms with Crippen molar-refractivity contribution in [2.45, 2.75) is 22.7 Å². The van der Waals surface area contributed by atoms with Gasteiger partial charge in [0.05, 0.1) is 10.9 Å². The van der Waals surface area contributed by atoms with Crippen LogP contribution < -0.4 is 5.32 Å². The first kappa shape index (κ1) is 24.4. The normalized spacial score (nSPS) is 17.4. The topological polar surface area (TPSA) is 86.7 Å². The summed E-state index contributed by atoms with van der Waals surface area (Å²) in [5.41, 5.74) is 2.11. The van der Waals surface area contributed by atoms with Crippen molar-refractivity contribution in [2.75, 3.05) is 18.9 Å². The Bertz CT molecular complexity index is 1240. The minimum Gasteiger partial charge on any atom is -0.396 e. The summed E-state index contributed by atoms with van der Waals surface area (Å²) in [7, 11) is -3.92. The van der Waals surface area contributed by atoms with Gasteiger partial charge in [-0.25, -0.2) is 12.8 Å². The molecule has 0 bridgehead atoms. The highest BCUT2D eigenvalue weighted by Gasteiger charge is 2.40. The lowest BCUT2D eigenvalue weighted by Gasteiger charge is -2.26. The molecule has 1 amide bonds. The fourth-order valence-corrected chi connectivity index (χ4v) is 7.01. The number of halogens is 1. The average Bonchev–Trinajstić information content (AvgIpc) is 3.36. The number of nitrogens with one attached hydrogen (secondary N) is 1. The second-order valence-electron chi connectivity index (χ2n) is 7.82. The molecule has 1 aliphatic heterocycles. The molecule has 178 valence electrons. The van der Waals surface area contributed by atoms with Crippen molar-refractivity contribution in [2.24, 2.45) is 0 Å². The predicted octanol–water partition coefficient (Wildman–Crippen LogP) is 3.80. The summed E-state index contributed by atoms with van der Waals surface area (Å²) in [5, 5.41) is 11.2. The van der Waals surface area contributed by atoms with E-state index in [-0.39, 0.29) is 30.0 Å². The second-order valence-corrected chi connectivity index (χ2v) is 10.9. The summed E-state index contributed by atoms with van der Waals surface area (Å²) in [6.07, 6.45) is 0.109. The monoisotopic (exact) mass is 500 g/mol. The lowest BCUT2D eigenvalue weighted by molar-refractivity contribution is -0.123. The molecule has 2 N–H and O–H groups in total. The molecule has 1 unspecified atom stereocenters. The Balaban J connectivity index is 1.53. The first-order valence-electron chi connectivity index (χ1n) is 10.9. The first-order chi connectivity index (χ1) is 16.4. The minimum absolute atomic E-state index is 0.105. The number of carbonyl (C=O) groups is 1. The van der Waals surface area contributed by atoms with Crippen LogP contribution >= 0.6 is 11.8 Å². The zero-order chi connectivity index (χ0) is 24.1. The van der Waals surface area contributed by atoms with Gasteiger partial charge in [0.15, 0.2) is 0 Å². The zero-order valence-corrected chi connectivity index (χ0v) is 19.9. The molecule has 2 atom stereocenters. The summed E-state index contributed by atoms with van der Waals surface area (Å²) >= 11 is 1.22. The molecule has 3 aromatic carbocycles. The van der Waals surface area contributed by atoms with Crippen LogP contribution in [0.5, 0.6) is 0 Å². The number of aliphatic hydroxyl groups is 1. The second kappa shape index (κ2) is 10.7. The molecule has 34 heavy (non-hydrogen) atoms. The minimum atomic E-state index is -3.92. The number of sulfonamides is 1. The summed E-state index contributed by atoms with van der Waals surface area (Å²) < 4.78 is 42.2. The Morgan fingerprint density at radius 2 is 1.68 bits per heavy atom. The van der Waals surface area contributed by atoms with E-state index < -0.39 is 33.2 Å².